The first-order valence-electron chi connectivity index (χ1n) is 7.95. The van der Waals surface area contributed by atoms with Crippen molar-refractivity contribution in [2.75, 3.05) is 0 Å². The minimum Gasteiger partial charge on any atom is -0.312 e. The van der Waals surface area contributed by atoms with Gasteiger partial charge in [0.1, 0.15) is 5.82 Å². The molecular weight excluding hydrogens is 339 g/mol. The first-order valence-corrected chi connectivity index (χ1v) is 8.77. The number of fused-ring (bicyclic) bond motifs is 1. The maximum atomic E-state index is 13.5. The molecule has 0 N–H and O–H groups in total. The molecule has 0 unspecified atom stereocenters. The van der Waals surface area contributed by atoms with E-state index in [4.69, 9.17) is 0 Å². The lowest BCUT2D eigenvalue weighted by molar-refractivity contribution is 0.0992. The minimum absolute atomic E-state index is 0.166. The second-order valence-electron chi connectivity index (χ2n) is 6.02. The summed E-state index contributed by atoms with van der Waals surface area (Å²) in [4.78, 5) is 17.3. The number of benzene rings is 1. The number of nitrogens with zero attached hydrogens (tertiary/aromatic N) is 4. The van der Waals surface area contributed by atoms with E-state index in [9.17, 15) is 9.18 Å². The van der Waals surface area contributed by atoms with Gasteiger partial charge < -0.3 is 4.57 Å². The topological polar surface area (TPSA) is 52.2 Å². The van der Waals surface area contributed by atoms with Crippen LogP contribution in [-0.2, 0) is 6.54 Å². The van der Waals surface area contributed by atoms with Crippen molar-refractivity contribution < 1.29 is 9.18 Å². The van der Waals surface area contributed by atoms with Gasteiger partial charge in [-0.25, -0.2) is 4.39 Å². The third-order valence-electron chi connectivity index (χ3n) is 3.78. The van der Waals surface area contributed by atoms with Crippen LogP contribution in [0.5, 0.6) is 0 Å². The highest BCUT2D eigenvalue weighted by Gasteiger charge is 2.14. The summed E-state index contributed by atoms with van der Waals surface area (Å²) < 4.78 is 17.9. The number of hydrogen-bond donors (Lipinski definition) is 0. The number of aryl methyl sites for hydroxylation is 1. The summed E-state index contributed by atoms with van der Waals surface area (Å²) in [7, 11) is 0. The zero-order chi connectivity index (χ0) is 18.1. The van der Waals surface area contributed by atoms with Gasteiger partial charge in [-0.05, 0) is 45.0 Å². The van der Waals surface area contributed by atoms with Crippen molar-refractivity contribution in [1.29, 1.82) is 0 Å². The summed E-state index contributed by atoms with van der Waals surface area (Å²) in [6.07, 6.45) is 1.72. The number of allylic oxidation sites excluding steroid dienone is 1. The van der Waals surface area contributed by atoms with Crippen molar-refractivity contribution in [3.63, 3.8) is 0 Å². The highest BCUT2D eigenvalue weighted by molar-refractivity contribution is 7.16. The van der Waals surface area contributed by atoms with Gasteiger partial charge in [0.25, 0.3) is 5.91 Å². The Bertz CT molecular complexity index is 1030. The van der Waals surface area contributed by atoms with E-state index in [1.807, 2.05) is 25.3 Å². The molecule has 25 heavy (non-hydrogen) atoms. The molecule has 0 atom stereocenters. The third kappa shape index (κ3) is 3.32. The van der Waals surface area contributed by atoms with E-state index in [0.29, 0.717) is 17.0 Å². The summed E-state index contributed by atoms with van der Waals surface area (Å²) >= 11 is 1.27. The number of halogens is 1. The van der Waals surface area contributed by atoms with Crippen molar-refractivity contribution in [1.82, 2.24) is 14.3 Å². The molecule has 3 rings (SSSR count). The van der Waals surface area contributed by atoms with Crippen molar-refractivity contribution in [2.24, 2.45) is 4.99 Å². The van der Waals surface area contributed by atoms with Gasteiger partial charge in [-0.2, -0.15) is 10.1 Å². The predicted octanol–water partition coefficient (Wildman–Crippen LogP) is 3.85. The van der Waals surface area contributed by atoms with E-state index in [0.717, 1.165) is 15.9 Å². The predicted molar refractivity (Wildman–Crippen MR) is 97.2 cm³/mol. The molecule has 5 nitrogen and oxygen atoms in total. The Kier molecular flexibility index (Phi) is 4.67. The zero-order valence-electron chi connectivity index (χ0n) is 14.4. The quantitative estimate of drug-likeness (QED) is 0.665. The molecule has 3 aromatic rings. The Balaban J connectivity index is 2.11. The SMILES string of the molecule is C=CCn1c(=NC(=O)c2cc(C)n(C(C)C)n2)sc2cc(F)ccc21. The molecule has 2 heterocycles. The normalized spacial score (nSPS) is 12.3. The second-order valence-corrected chi connectivity index (χ2v) is 7.03. The Labute approximate surface area is 148 Å². The molecule has 0 radical (unpaired) electrons. The number of carbonyl (C=O) groups is 1. The van der Waals surface area contributed by atoms with E-state index in [2.05, 4.69) is 16.7 Å². The molecule has 1 amide bonds. The van der Waals surface area contributed by atoms with Gasteiger partial charge in [-0.15, -0.1) is 6.58 Å². The smallest absolute Gasteiger partial charge is 0.300 e. The molecule has 0 aliphatic rings. The Morgan fingerprint density at radius 1 is 1.44 bits per heavy atom. The molecule has 0 fully saturated rings. The van der Waals surface area contributed by atoms with Gasteiger partial charge in [-0.3, -0.25) is 9.48 Å². The molecule has 130 valence electrons. The standard InChI is InChI=1S/C18H19FN4OS/c1-5-8-22-15-7-6-13(19)10-16(15)25-18(22)20-17(24)14-9-12(4)23(21-14)11(2)3/h5-7,9-11H,1,8H2,2-4H3. The first-order chi connectivity index (χ1) is 11.9. The van der Waals surface area contributed by atoms with Crippen LogP contribution in [0.25, 0.3) is 10.2 Å². The van der Waals surface area contributed by atoms with Crippen molar-refractivity contribution in [3.8, 4) is 0 Å². The number of amides is 1. The maximum Gasteiger partial charge on any atom is 0.300 e. The Morgan fingerprint density at radius 2 is 2.20 bits per heavy atom. The van der Waals surface area contributed by atoms with Crippen LogP contribution in [0.4, 0.5) is 4.39 Å². The average Bonchev–Trinajstić information content (AvgIpc) is 3.09. The van der Waals surface area contributed by atoms with Crippen LogP contribution < -0.4 is 4.80 Å². The fraction of sp³-hybridized carbons (Fsp3) is 0.278. The van der Waals surface area contributed by atoms with Crippen LogP contribution in [0.1, 0.15) is 36.1 Å². The number of thiazole rings is 1. The molecule has 2 aromatic heterocycles. The summed E-state index contributed by atoms with van der Waals surface area (Å²) in [6, 6.07) is 6.43. The van der Waals surface area contributed by atoms with Crippen molar-refractivity contribution in [3.05, 3.63) is 58.9 Å². The summed E-state index contributed by atoms with van der Waals surface area (Å²) in [5.41, 5.74) is 2.03. The molecule has 7 heteroatoms. The van der Waals surface area contributed by atoms with Crippen LogP contribution in [-0.4, -0.2) is 20.3 Å². The van der Waals surface area contributed by atoms with Crippen LogP contribution >= 0.6 is 11.3 Å². The monoisotopic (exact) mass is 358 g/mol. The maximum absolute atomic E-state index is 13.5. The second kappa shape index (κ2) is 6.76. The lowest BCUT2D eigenvalue weighted by atomic mass is 10.3. The Hall–Kier alpha value is -2.54. The molecule has 0 aliphatic carbocycles. The van der Waals surface area contributed by atoms with Gasteiger partial charge in [0.05, 0.1) is 10.2 Å². The molecule has 0 saturated heterocycles. The van der Waals surface area contributed by atoms with Crippen molar-refractivity contribution >= 4 is 27.5 Å². The van der Waals surface area contributed by atoms with Gasteiger partial charge in [0.2, 0.25) is 0 Å². The van der Waals surface area contributed by atoms with E-state index < -0.39 is 5.91 Å². The molecule has 0 spiro atoms. The lowest BCUT2D eigenvalue weighted by Crippen LogP contribution is -2.16. The first kappa shape index (κ1) is 17.3. The highest BCUT2D eigenvalue weighted by Crippen LogP contribution is 2.19. The largest absolute Gasteiger partial charge is 0.312 e. The number of aromatic nitrogens is 3. The molecule has 0 aliphatic heterocycles. The van der Waals surface area contributed by atoms with Crippen LogP contribution in [0.15, 0.2) is 41.9 Å². The van der Waals surface area contributed by atoms with Crippen LogP contribution in [0.3, 0.4) is 0 Å². The molecule has 1 aromatic carbocycles. The fourth-order valence-electron chi connectivity index (χ4n) is 2.70. The van der Waals surface area contributed by atoms with Gasteiger partial charge in [0.15, 0.2) is 10.5 Å². The number of carbonyl (C=O) groups excluding carboxylic acids is 1. The lowest BCUT2D eigenvalue weighted by Gasteiger charge is -2.06. The van der Waals surface area contributed by atoms with E-state index >= 15 is 0 Å². The third-order valence-corrected chi connectivity index (χ3v) is 4.83. The molecule has 0 bridgehead atoms. The van der Waals surface area contributed by atoms with Crippen LogP contribution in [0.2, 0.25) is 0 Å². The number of hydrogen-bond acceptors (Lipinski definition) is 3. The number of rotatable bonds is 4. The van der Waals surface area contributed by atoms with Gasteiger partial charge >= 0.3 is 0 Å². The summed E-state index contributed by atoms with van der Waals surface area (Å²) in [6.45, 7) is 10.1. The average molecular weight is 358 g/mol. The van der Waals surface area contributed by atoms with Crippen molar-refractivity contribution in [2.45, 2.75) is 33.4 Å². The van der Waals surface area contributed by atoms with Gasteiger partial charge in [0, 0.05) is 18.3 Å². The summed E-state index contributed by atoms with van der Waals surface area (Å²) in [5.74, 6) is -0.726. The summed E-state index contributed by atoms with van der Waals surface area (Å²) in [5, 5.41) is 4.34. The van der Waals surface area contributed by atoms with E-state index in [1.54, 1.807) is 22.9 Å². The molecule has 0 saturated carbocycles. The van der Waals surface area contributed by atoms with E-state index in [1.165, 1.54) is 23.5 Å². The fourth-order valence-corrected chi connectivity index (χ4v) is 3.76. The van der Waals surface area contributed by atoms with E-state index in [-0.39, 0.29) is 11.9 Å². The van der Waals surface area contributed by atoms with Gasteiger partial charge in [-0.1, -0.05) is 17.4 Å². The molecular formula is C18H19FN4OS. The highest BCUT2D eigenvalue weighted by atomic mass is 32.1. The minimum atomic E-state index is -0.410. The Morgan fingerprint density at radius 3 is 2.84 bits per heavy atom. The van der Waals surface area contributed by atoms with Crippen LogP contribution in [0, 0.1) is 12.7 Å². The zero-order valence-corrected chi connectivity index (χ0v) is 15.2.